The minimum absolute atomic E-state index is 0.0217. The van der Waals surface area contributed by atoms with Gasteiger partial charge in [0.15, 0.2) is 0 Å². The van der Waals surface area contributed by atoms with Crippen LogP contribution in [0.3, 0.4) is 0 Å². The van der Waals surface area contributed by atoms with Crippen molar-refractivity contribution in [1.82, 2.24) is 9.55 Å². The van der Waals surface area contributed by atoms with Gasteiger partial charge in [0, 0.05) is 13.5 Å². The first-order valence-electron chi connectivity index (χ1n) is 6.27. The fourth-order valence-corrected chi connectivity index (χ4v) is 2.08. The highest BCUT2D eigenvalue weighted by molar-refractivity contribution is 5.82. The van der Waals surface area contributed by atoms with Gasteiger partial charge in [0.1, 0.15) is 5.78 Å². The number of carbonyl (C=O) groups excluding carboxylic acids is 1. The van der Waals surface area contributed by atoms with Crippen molar-refractivity contribution < 1.29 is 9.53 Å². The topological polar surface area (TPSA) is 81.2 Å². The lowest BCUT2D eigenvalue weighted by molar-refractivity contribution is -0.116. The Bertz CT molecular complexity index is 758. The van der Waals surface area contributed by atoms with Crippen molar-refractivity contribution in [2.45, 2.75) is 19.9 Å². The van der Waals surface area contributed by atoms with Crippen LogP contribution in [0.1, 0.15) is 12.5 Å². The van der Waals surface area contributed by atoms with Crippen LogP contribution in [0.15, 0.2) is 27.8 Å². The predicted molar refractivity (Wildman–Crippen MR) is 75.1 cm³/mol. The maximum Gasteiger partial charge on any atom is 0.328 e. The van der Waals surface area contributed by atoms with Crippen molar-refractivity contribution in [1.29, 1.82) is 0 Å². The molecule has 0 amide bonds. The van der Waals surface area contributed by atoms with Gasteiger partial charge in [-0.3, -0.25) is 14.2 Å². The van der Waals surface area contributed by atoms with E-state index in [1.807, 2.05) is 0 Å². The van der Waals surface area contributed by atoms with Crippen molar-refractivity contribution >= 4 is 16.7 Å². The first kappa shape index (κ1) is 14.2. The van der Waals surface area contributed by atoms with Crippen LogP contribution in [-0.4, -0.2) is 29.1 Å². The zero-order chi connectivity index (χ0) is 14.7. The van der Waals surface area contributed by atoms with E-state index in [1.165, 1.54) is 14.0 Å². The number of hydrogen-bond donors (Lipinski definition) is 1. The third-order valence-corrected chi connectivity index (χ3v) is 3.02. The minimum atomic E-state index is -0.459. The Morgan fingerprint density at radius 3 is 2.75 bits per heavy atom. The van der Waals surface area contributed by atoms with Crippen LogP contribution < -0.4 is 11.2 Å². The molecular weight excluding hydrogens is 260 g/mol. The van der Waals surface area contributed by atoms with Crippen LogP contribution in [0.4, 0.5) is 0 Å². The number of nitrogens with zero attached hydrogens (tertiary/aromatic N) is 1. The molecule has 1 N–H and O–H groups in total. The highest BCUT2D eigenvalue weighted by Crippen LogP contribution is 2.10. The zero-order valence-electron chi connectivity index (χ0n) is 11.4. The first-order valence-corrected chi connectivity index (χ1v) is 6.27. The molecule has 20 heavy (non-hydrogen) atoms. The second kappa shape index (κ2) is 5.83. The summed E-state index contributed by atoms with van der Waals surface area (Å²) in [5.74, 6) is 0.0217. The maximum atomic E-state index is 12.3. The molecule has 1 aromatic heterocycles. The number of carbonyl (C=O) groups is 1. The number of hydrogen-bond acceptors (Lipinski definition) is 4. The molecule has 0 unspecified atom stereocenters. The number of aromatic amines is 1. The molecule has 0 aliphatic heterocycles. The molecule has 0 saturated heterocycles. The van der Waals surface area contributed by atoms with E-state index in [0.717, 1.165) is 10.1 Å². The van der Waals surface area contributed by atoms with Gasteiger partial charge in [-0.2, -0.15) is 0 Å². The summed E-state index contributed by atoms with van der Waals surface area (Å²) in [5.41, 5.74) is 0.401. The molecule has 0 aliphatic carbocycles. The van der Waals surface area contributed by atoms with Gasteiger partial charge in [0.25, 0.3) is 5.56 Å². The average Bonchev–Trinajstić information content (AvgIpc) is 2.39. The lowest BCUT2D eigenvalue weighted by atomic mass is 10.1. The van der Waals surface area contributed by atoms with Crippen LogP contribution in [0.5, 0.6) is 0 Å². The number of ketones is 1. The normalized spacial score (nSPS) is 10.9. The molecule has 2 aromatic rings. The maximum absolute atomic E-state index is 12.3. The highest BCUT2D eigenvalue weighted by Gasteiger charge is 2.08. The van der Waals surface area contributed by atoms with E-state index in [4.69, 9.17) is 4.74 Å². The van der Waals surface area contributed by atoms with Gasteiger partial charge in [0.05, 0.1) is 24.1 Å². The minimum Gasteiger partial charge on any atom is -0.383 e. The Balaban J connectivity index is 2.58. The second-order valence-electron chi connectivity index (χ2n) is 4.64. The van der Waals surface area contributed by atoms with Gasteiger partial charge in [-0.25, -0.2) is 4.79 Å². The number of benzene rings is 1. The molecule has 6 nitrogen and oxygen atoms in total. The standard InChI is InChI=1S/C14H16N2O4/c1-9(17)7-10-3-4-12-11(8-10)13(18)16(5-6-20-2)14(19)15-12/h3-4,8H,5-7H2,1-2H3,(H,15,19). The van der Waals surface area contributed by atoms with Crippen molar-refractivity contribution in [3.8, 4) is 0 Å². The lowest BCUT2D eigenvalue weighted by Gasteiger charge is -2.07. The summed E-state index contributed by atoms with van der Waals surface area (Å²) in [6.07, 6.45) is 0.270. The summed E-state index contributed by atoms with van der Waals surface area (Å²) in [4.78, 5) is 37.9. The Morgan fingerprint density at radius 1 is 1.35 bits per heavy atom. The monoisotopic (exact) mass is 276 g/mol. The molecule has 0 saturated carbocycles. The summed E-state index contributed by atoms with van der Waals surface area (Å²) in [6, 6.07) is 5.04. The van der Waals surface area contributed by atoms with Gasteiger partial charge in [-0.15, -0.1) is 0 Å². The fraction of sp³-hybridized carbons (Fsp3) is 0.357. The molecule has 1 aromatic carbocycles. The summed E-state index contributed by atoms with van der Waals surface area (Å²) in [6.45, 7) is 1.97. The third kappa shape index (κ3) is 2.85. The van der Waals surface area contributed by atoms with Gasteiger partial charge >= 0.3 is 5.69 Å². The predicted octanol–water partition coefficient (Wildman–Crippen LogP) is 0.468. The fourth-order valence-electron chi connectivity index (χ4n) is 2.08. The van der Waals surface area contributed by atoms with Crippen LogP contribution in [0.2, 0.25) is 0 Å². The summed E-state index contributed by atoms with van der Waals surface area (Å²) >= 11 is 0. The molecule has 2 rings (SSSR count). The quantitative estimate of drug-likeness (QED) is 0.860. The molecular formula is C14H16N2O4. The van der Waals surface area contributed by atoms with Gasteiger partial charge < -0.3 is 9.72 Å². The molecule has 0 atom stereocenters. The lowest BCUT2D eigenvalue weighted by Crippen LogP contribution is -2.36. The number of fused-ring (bicyclic) bond motifs is 1. The van der Waals surface area contributed by atoms with Gasteiger partial charge in [-0.1, -0.05) is 6.07 Å². The molecule has 6 heteroatoms. The summed E-state index contributed by atoms with van der Waals surface area (Å²) in [5, 5.41) is 0.402. The second-order valence-corrected chi connectivity index (χ2v) is 4.64. The van der Waals surface area contributed by atoms with Crippen LogP contribution in [-0.2, 0) is 22.5 Å². The molecule has 0 bridgehead atoms. The van der Waals surface area contributed by atoms with Gasteiger partial charge in [-0.05, 0) is 24.6 Å². The number of methoxy groups -OCH3 is 1. The highest BCUT2D eigenvalue weighted by atomic mass is 16.5. The van der Waals surface area contributed by atoms with Crippen molar-refractivity contribution in [2.24, 2.45) is 0 Å². The molecule has 0 aliphatic rings. The molecule has 0 radical (unpaired) electrons. The Kier molecular flexibility index (Phi) is 4.14. The molecule has 0 fully saturated rings. The smallest absolute Gasteiger partial charge is 0.328 e. The van der Waals surface area contributed by atoms with Crippen molar-refractivity contribution in [3.63, 3.8) is 0 Å². The van der Waals surface area contributed by atoms with Crippen LogP contribution in [0, 0.1) is 0 Å². The Morgan fingerprint density at radius 2 is 2.10 bits per heavy atom. The number of aromatic nitrogens is 2. The first-order chi connectivity index (χ1) is 9.52. The number of rotatable bonds is 5. The number of nitrogens with one attached hydrogen (secondary N) is 1. The Labute approximate surface area is 115 Å². The van der Waals surface area contributed by atoms with Crippen LogP contribution >= 0.6 is 0 Å². The summed E-state index contributed by atoms with van der Waals surface area (Å²) in [7, 11) is 1.51. The number of Topliss-reactive ketones (excluding diaryl/α,β-unsaturated/α-hetero) is 1. The van der Waals surface area contributed by atoms with E-state index in [9.17, 15) is 14.4 Å². The van der Waals surface area contributed by atoms with E-state index >= 15 is 0 Å². The van der Waals surface area contributed by atoms with Gasteiger partial charge in [0.2, 0.25) is 0 Å². The van der Waals surface area contributed by atoms with E-state index in [-0.39, 0.29) is 30.9 Å². The summed E-state index contributed by atoms with van der Waals surface area (Å²) < 4.78 is 5.99. The van der Waals surface area contributed by atoms with E-state index in [1.54, 1.807) is 18.2 Å². The molecule has 1 heterocycles. The Hall–Kier alpha value is -2.21. The van der Waals surface area contributed by atoms with Crippen molar-refractivity contribution in [2.75, 3.05) is 13.7 Å². The zero-order valence-corrected chi connectivity index (χ0v) is 11.4. The van der Waals surface area contributed by atoms with Crippen molar-refractivity contribution in [3.05, 3.63) is 44.6 Å². The number of H-pyrrole nitrogens is 1. The SMILES string of the molecule is COCCn1c(=O)[nH]c2ccc(CC(C)=O)cc2c1=O. The molecule has 106 valence electrons. The largest absolute Gasteiger partial charge is 0.383 e. The third-order valence-electron chi connectivity index (χ3n) is 3.02. The van der Waals surface area contributed by atoms with E-state index < -0.39 is 5.69 Å². The van der Waals surface area contributed by atoms with Crippen LogP contribution in [0.25, 0.3) is 10.9 Å². The van der Waals surface area contributed by atoms with E-state index in [2.05, 4.69) is 4.98 Å². The number of ether oxygens (including phenoxy) is 1. The van der Waals surface area contributed by atoms with E-state index in [0.29, 0.717) is 10.9 Å². The average molecular weight is 276 g/mol. The molecule has 0 spiro atoms.